The number of benzene rings is 3. The predicted molar refractivity (Wildman–Crippen MR) is 129 cm³/mol. The Morgan fingerprint density at radius 2 is 1.69 bits per heavy atom. The fourth-order valence-electron chi connectivity index (χ4n) is 4.46. The van der Waals surface area contributed by atoms with Crippen LogP contribution in [0.25, 0.3) is 5.69 Å². The van der Waals surface area contributed by atoms with Gasteiger partial charge in [-0.3, -0.25) is 0 Å². The molecule has 2 amide bonds. The molecule has 1 N–H and O–H groups in total. The van der Waals surface area contributed by atoms with Gasteiger partial charge in [-0.25, -0.2) is 4.79 Å². The number of urea groups is 1. The third-order valence-electron chi connectivity index (χ3n) is 6.23. The predicted octanol–water partition coefficient (Wildman–Crippen LogP) is 6.49. The molecule has 0 spiro atoms. The van der Waals surface area contributed by atoms with Crippen molar-refractivity contribution in [1.82, 2.24) is 9.47 Å². The second-order valence-corrected chi connectivity index (χ2v) is 8.35. The van der Waals surface area contributed by atoms with E-state index < -0.39 is 0 Å². The van der Waals surface area contributed by atoms with Gasteiger partial charge in [0.05, 0.1) is 18.3 Å². The molecule has 1 aliphatic heterocycles. The molecule has 0 aliphatic carbocycles. The molecule has 32 heavy (non-hydrogen) atoms. The molecule has 1 aromatic heterocycles. The van der Waals surface area contributed by atoms with Gasteiger partial charge >= 0.3 is 6.03 Å². The van der Waals surface area contributed by atoms with Crippen molar-refractivity contribution in [2.24, 2.45) is 0 Å². The number of nitrogens with zero attached hydrogens (tertiary/aromatic N) is 2. The highest BCUT2D eigenvalue weighted by molar-refractivity contribution is 5.90. The Morgan fingerprint density at radius 1 is 0.938 bits per heavy atom. The number of rotatable bonds is 3. The third kappa shape index (κ3) is 3.69. The molecule has 1 atom stereocenters. The second kappa shape index (κ2) is 8.39. The molecule has 3 aromatic carbocycles. The minimum Gasteiger partial charge on any atom is -0.318 e. The molecule has 4 nitrogen and oxygen atoms in total. The van der Waals surface area contributed by atoms with Crippen LogP contribution in [-0.4, -0.2) is 15.5 Å². The van der Waals surface area contributed by atoms with Crippen molar-refractivity contribution in [2.45, 2.75) is 32.9 Å². The molecule has 0 bridgehead atoms. The number of aromatic nitrogens is 1. The number of carbonyl (C=O) groups is 1. The van der Waals surface area contributed by atoms with Gasteiger partial charge in [-0.05, 0) is 60.4 Å². The lowest BCUT2D eigenvalue weighted by Crippen LogP contribution is -2.37. The van der Waals surface area contributed by atoms with E-state index in [9.17, 15) is 4.79 Å². The summed E-state index contributed by atoms with van der Waals surface area (Å²) in [5.74, 6) is 0. The number of carbonyl (C=O) groups excluding carboxylic acids is 1. The molecule has 2 heterocycles. The fraction of sp³-hybridized carbons (Fsp3) is 0.179. The number of aryl methyl sites for hydroxylation is 2. The molecule has 0 saturated heterocycles. The van der Waals surface area contributed by atoms with E-state index in [4.69, 9.17) is 0 Å². The second-order valence-electron chi connectivity index (χ2n) is 8.35. The van der Waals surface area contributed by atoms with Gasteiger partial charge in [0.1, 0.15) is 0 Å². The average Bonchev–Trinajstić information content (AvgIpc) is 3.25. The summed E-state index contributed by atoms with van der Waals surface area (Å²) < 4.78 is 2.21. The molecule has 0 saturated carbocycles. The first-order valence-corrected chi connectivity index (χ1v) is 11.1. The maximum absolute atomic E-state index is 13.7. The summed E-state index contributed by atoms with van der Waals surface area (Å²) in [4.78, 5) is 15.6. The van der Waals surface area contributed by atoms with Gasteiger partial charge in [-0.2, -0.15) is 0 Å². The maximum Gasteiger partial charge on any atom is 0.322 e. The first kappa shape index (κ1) is 20.1. The molecular formula is C28H27N3O. The number of hydrogen-bond acceptors (Lipinski definition) is 1. The molecule has 1 aliphatic rings. The quantitative estimate of drug-likeness (QED) is 0.404. The Bertz CT molecular complexity index is 1240. The van der Waals surface area contributed by atoms with Crippen LogP contribution in [0.4, 0.5) is 10.5 Å². The van der Waals surface area contributed by atoms with E-state index in [1.807, 2.05) is 23.1 Å². The normalized spacial score (nSPS) is 14.9. The van der Waals surface area contributed by atoms with E-state index in [0.717, 1.165) is 34.6 Å². The number of nitrogens with one attached hydrogen (secondary N) is 1. The van der Waals surface area contributed by atoms with Crippen molar-refractivity contribution in [1.29, 1.82) is 0 Å². The zero-order valence-corrected chi connectivity index (χ0v) is 18.5. The largest absolute Gasteiger partial charge is 0.322 e. The molecule has 160 valence electrons. The molecule has 5 rings (SSSR count). The number of fused-ring (bicyclic) bond motifs is 3. The zero-order valence-electron chi connectivity index (χ0n) is 18.5. The van der Waals surface area contributed by atoms with Crippen molar-refractivity contribution in [3.63, 3.8) is 0 Å². The van der Waals surface area contributed by atoms with Crippen molar-refractivity contribution in [2.75, 3.05) is 5.32 Å². The van der Waals surface area contributed by atoms with Crippen molar-refractivity contribution in [3.05, 3.63) is 119 Å². The molecule has 4 heteroatoms. The first-order chi connectivity index (χ1) is 15.6. The van der Waals surface area contributed by atoms with E-state index in [0.29, 0.717) is 6.54 Å². The van der Waals surface area contributed by atoms with Crippen LogP contribution in [0.1, 0.15) is 40.9 Å². The molecule has 4 aromatic rings. The Balaban J connectivity index is 1.59. The van der Waals surface area contributed by atoms with Gasteiger partial charge < -0.3 is 14.8 Å². The van der Waals surface area contributed by atoms with E-state index in [2.05, 4.69) is 96.7 Å². The van der Waals surface area contributed by atoms with Crippen molar-refractivity contribution in [3.8, 4) is 5.69 Å². The van der Waals surface area contributed by atoms with Crippen molar-refractivity contribution >= 4 is 11.7 Å². The van der Waals surface area contributed by atoms with Crippen LogP contribution in [0.3, 0.4) is 0 Å². The standard InChI is InChI=1S/C28H27N3O/c1-3-21-12-16-24(17-13-21)29-28(32)31-19-23-7-4-5-8-25(23)30-18-6-9-26(30)27(31)22-14-10-20(2)11-15-22/h4-18,27H,3,19H2,1-2H3,(H,29,32)/t27-/m0/s1. The lowest BCUT2D eigenvalue weighted by atomic mass is 10.0. The van der Waals surface area contributed by atoms with Crippen molar-refractivity contribution < 1.29 is 4.79 Å². The maximum atomic E-state index is 13.7. The summed E-state index contributed by atoms with van der Waals surface area (Å²) >= 11 is 0. The first-order valence-electron chi connectivity index (χ1n) is 11.1. The van der Waals surface area contributed by atoms with E-state index in [1.165, 1.54) is 11.1 Å². The Hall–Kier alpha value is -3.79. The average molecular weight is 422 g/mol. The van der Waals surface area contributed by atoms with Gasteiger partial charge in [0.15, 0.2) is 0 Å². The van der Waals surface area contributed by atoms with Crippen LogP contribution in [-0.2, 0) is 13.0 Å². The number of para-hydroxylation sites is 1. The Kier molecular flexibility index (Phi) is 5.28. The topological polar surface area (TPSA) is 37.3 Å². The van der Waals surface area contributed by atoms with E-state index in [1.54, 1.807) is 0 Å². The summed E-state index contributed by atoms with van der Waals surface area (Å²) in [6, 6.07) is 28.7. The number of amides is 2. The minimum absolute atomic E-state index is 0.107. The summed E-state index contributed by atoms with van der Waals surface area (Å²) in [6.07, 6.45) is 3.06. The van der Waals surface area contributed by atoms with E-state index in [-0.39, 0.29) is 12.1 Å². The molecule has 0 fully saturated rings. The smallest absolute Gasteiger partial charge is 0.318 e. The van der Waals surface area contributed by atoms with Crippen LogP contribution < -0.4 is 5.32 Å². The fourth-order valence-corrected chi connectivity index (χ4v) is 4.46. The Morgan fingerprint density at radius 3 is 2.44 bits per heavy atom. The zero-order chi connectivity index (χ0) is 22.1. The summed E-state index contributed by atoms with van der Waals surface area (Å²) in [5.41, 5.74) is 7.68. The molecule has 0 unspecified atom stereocenters. The monoisotopic (exact) mass is 421 g/mol. The van der Waals surface area contributed by atoms with Gasteiger partial charge in [-0.15, -0.1) is 0 Å². The van der Waals surface area contributed by atoms with Crippen LogP contribution in [0.15, 0.2) is 91.1 Å². The Labute approximate surface area is 189 Å². The van der Waals surface area contributed by atoms with Crippen LogP contribution in [0.5, 0.6) is 0 Å². The van der Waals surface area contributed by atoms with Gasteiger partial charge in [0.25, 0.3) is 0 Å². The highest BCUT2D eigenvalue weighted by atomic mass is 16.2. The van der Waals surface area contributed by atoms with Gasteiger partial charge in [0.2, 0.25) is 0 Å². The number of hydrogen-bond donors (Lipinski definition) is 1. The van der Waals surface area contributed by atoms with Crippen LogP contribution in [0, 0.1) is 6.92 Å². The number of anilines is 1. The summed E-state index contributed by atoms with van der Waals surface area (Å²) in [5, 5.41) is 3.13. The molecule has 0 radical (unpaired) electrons. The SMILES string of the molecule is CCc1ccc(NC(=O)N2Cc3ccccc3-n3cccc3[C@@H]2c2ccc(C)cc2)cc1. The summed E-state index contributed by atoms with van der Waals surface area (Å²) in [7, 11) is 0. The van der Waals surface area contributed by atoms with Gasteiger partial charge in [0, 0.05) is 17.6 Å². The van der Waals surface area contributed by atoms with Crippen LogP contribution in [0.2, 0.25) is 0 Å². The minimum atomic E-state index is -0.201. The highest BCUT2D eigenvalue weighted by Gasteiger charge is 2.32. The van der Waals surface area contributed by atoms with Crippen LogP contribution >= 0.6 is 0 Å². The van der Waals surface area contributed by atoms with E-state index >= 15 is 0 Å². The van der Waals surface area contributed by atoms with Gasteiger partial charge in [-0.1, -0.05) is 67.1 Å². The third-order valence-corrected chi connectivity index (χ3v) is 6.23. The lowest BCUT2D eigenvalue weighted by Gasteiger charge is -2.31. The lowest BCUT2D eigenvalue weighted by molar-refractivity contribution is 0.194. The molecular weight excluding hydrogens is 394 g/mol. The summed E-state index contributed by atoms with van der Waals surface area (Å²) in [6.45, 7) is 4.73. The highest BCUT2D eigenvalue weighted by Crippen LogP contribution is 2.37.